The molecule has 0 aliphatic carbocycles. The summed E-state index contributed by atoms with van der Waals surface area (Å²) >= 11 is 10.1. The van der Waals surface area contributed by atoms with Gasteiger partial charge in [-0.3, -0.25) is 14.9 Å². The largest absolute Gasteiger partial charge is 0.495 e. The van der Waals surface area contributed by atoms with Gasteiger partial charge in [0.05, 0.1) is 29.3 Å². The van der Waals surface area contributed by atoms with Crippen LogP contribution in [0.4, 0.5) is 5.69 Å². The van der Waals surface area contributed by atoms with Gasteiger partial charge in [-0.05, 0) is 42.5 Å². The number of hydrazone groups is 1. The number of H-pyrrole nitrogens is 1. The predicted molar refractivity (Wildman–Crippen MR) is 163 cm³/mol. The molecular formula is C30H20BrClN4O6. The van der Waals surface area contributed by atoms with Gasteiger partial charge in [-0.25, -0.2) is 10.2 Å². The lowest BCUT2D eigenvalue weighted by molar-refractivity contribution is -0.384. The number of aromatic nitrogens is 1. The van der Waals surface area contributed by atoms with Gasteiger partial charge in [-0.2, -0.15) is 5.10 Å². The number of hydrogen-bond acceptors (Lipinski definition) is 7. The molecule has 0 aliphatic heterocycles. The first-order valence-electron chi connectivity index (χ1n) is 12.3. The molecule has 0 bridgehead atoms. The summed E-state index contributed by atoms with van der Waals surface area (Å²) in [5.41, 5.74) is 4.91. The highest BCUT2D eigenvalue weighted by Crippen LogP contribution is 2.42. The van der Waals surface area contributed by atoms with Crippen molar-refractivity contribution in [2.24, 2.45) is 5.10 Å². The fourth-order valence-electron chi connectivity index (χ4n) is 4.29. The summed E-state index contributed by atoms with van der Waals surface area (Å²) in [5.74, 6) is -0.550. The van der Waals surface area contributed by atoms with E-state index in [0.29, 0.717) is 38.4 Å². The lowest BCUT2D eigenvalue weighted by Crippen LogP contribution is -2.19. The van der Waals surface area contributed by atoms with Gasteiger partial charge in [0.25, 0.3) is 11.6 Å². The maximum absolute atomic E-state index is 13.5. The van der Waals surface area contributed by atoms with Crippen LogP contribution in [0.5, 0.6) is 11.5 Å². The molecule has 1 aromatic heterocycles. The number of aromatic amines is 1. The number of rotatable bonds is 8. The van der Waals surface area contributed by atoms with E-state index in [9.17, 15) is 19.7 Å². The number of non-ortho nitro benzene ring substituents is 1. The molecule has 1 heterocycles. The molecule has 0 fully saturated rings. The van der Waals surface area contributed by atoms with Crippen molar-refractivity contribution in [1.82, 2.24) is 10.4 Å². The molecule has 12 heteroatoms. The van der Waals surface area contributed by atoms with E-state index in [1.165, 1.54) is 37.6 Å². The summed E-state index contributed by atoms with van der Waals surface area (Å²) in [7, 11) is 1.54. The van der Waals surface area contributed by atoms with Crippen LogP contribution >= 0.6 is 27.5 Å². The molecule has 0 saturated heterocycles. The second-order valence-electron chi connectivity index (χ2n) is 8.78. The number of esters is 1. The predicted octanol–water partition coefficient (Wildman–Crippen LogP) is 7.15. The van der Waals surface area contributed by atoms with Crippen LogP contribution in [0, 0.1) is 10.1 Å². The zero-order chi connectivity index (χ0) is 29.8. The average Bonchev–Trinajstić information content (AvgIpc) is 3.40. The van der Waals surface area contributed by atoms with Crippen LogP contribution in [0.25, 0.3) is 22.0 Å². The maximum Gasteiger partial charge on any atom is 0.343 e. The summed E-state index contributed by atoms with van der Waals surface area (Å²) in [5, 5.41) is 16.1. The second kappa shape index (κ2) is 12.2. The van der Waals surface area contributed by atoms with Crippen molar-refractivity contribution >= 4 is 62.2 Å². The number of ether oxygens (including phenoxy) is 2. The highest BCUT2D eigenvalue weighted by atomic mass is 79.9. The van der Waals surface area contributed by atoms with Gasteiger partial charge in [-0.15, -0.1) is 0 Å². The molecule has 1 amide bonds. The van der Waals surface area contributed by atoms with Crippen LogP contribution in [-0.2, 0) is 0 Å². The van der Waals surface area contributed by atoms with Gasteiger partial charge in [-0.1, -0.05) is 57.9 Å². The normalized spacial score (nSPS) is 11.0. The van der Waals surface area contributed by atoms with Gasteiger partial charge >= 0.3 is 5.97 Å². The Balaban J connectivity index is 1.42. The topological polar surface area (TPSA) is 136 Å². The van der Waals surface area contributed by atoms with Gasteiger partial charge in [0.15, 0.2) is 0 Å². The van der Waals surface area contributed by atoms with E-state index in [-0.39, 0.29) is 22.7 Å². The number of nitro benzene ring substituents is 1. The number of benzene rings is 4. The van der Waals surface area contributed by atoms with Crippen molar-refractivity contribution in [1.29, 1.82) is 0 Å². The first-order chi connectivity index (χ1) is 20.3. The van der Waals surface area contributed by atoms with E-state index in [2.05, 4.69) is 31.4 Å². The zero-order valence-corrected chi connectivity index (χ0v) is 24.1. The fraction of sp³-hybridized carbons (Fsp3) is 0.0333. The average molecular weight is 648 g/mol. The monoisotopic (exact) mass is 646 g/mol. The Morgan fingerprint density at radius 2 is 1.71 bits per heavy atom. The molecule has 4 aromatic carbocycles. The van der Waals surface area contributed by atoms with Crippen LogP contribution in [0.2, 0.25) is 5.02 Å². The van der Waals surface area contributed by atoms with Gasteiger partial charge in [0.1, 0.15) is 17.2 Å². The third kappa shape index (κ3) is 5.73. The molecule has 2 N–H and O–H groups in total. The van der Waals surface area contributed by atoms with Gasteiger partial charge in [0, 0.05) is 43.7 Å². The van der Waals surface area contributed by atoms with Crippen molar-refractivity contribution in [2.75, 3.05) is 7.11 Å². The Bertz CT molecular complexity index is 1870. The van der Waals surface area contributed by atoms with Crippen LogP contribution in [-0.4, -0.2) is 35.1 Å². The molecule has 0 unspecified atom stereocenters. The highest BCUT2D eigenvalue weighted by molar-refractivity contribution is 9.10. The molecule has 42 heavy (non-hydrogen) atoms. The summed E-state index contributed by atoms with van der Waals surface area (Å²) in [6.07, 6.45) is 1.34. The Labute approximate surface area is 252 Å². The van der Waals surface area contributed by atoms with Crippen LogP contribution in [0.1, 0.15) is 26.4 Å². The lowest BCUT2D eigenvalue weighted by Gasteiger charge is -2.08. The quantitative estimate of drug-likeness (QED) is 0.0604. The summed E-state index contributed by atoms with van der Waals surface area (Å²) < 4.78 is 11.7. The van der Waals surface area contributed by atoms with E-state index in [4.69, 9.17) is 21.1 Å². The van der Waals surface area contributed by atoms with Crippen molar-refractivity contribution in [3.8, 4) is 22.6 Å². The van der Waals surface area contributed by atoms with E-state index in [0.717, 1.165) is 4.47 Å². The van der Waals surface area contributed by atoms with Crippen LogP contribution < -0.4 is 14.9 Å². The van der Waals surface area contributed by atoms with Crippen LogP contribution in [0.3, 0.4) is 0 Å². The van der Waals surface area contributed by atoms with Crippen molar-refractivity contribution in [2.45, 2.75) is 0 Å². The Kier molecular flexibility index (Phi) is 8.32. The maximum atomic E-state index is 13.5. The van der Waals surface area contributed by atoms with E-state index >= 15 is 0 Å². The molecule has 5 rings (SSSR count). The minimum Gasteiger partial charge on any atom is -0.495 e. The van der Waals surface area contributed by atoms with Gasteiger partial charge in [0.2, 0.25) is 0 Å². The summed E-state index contributed by atoms with van der Waals surface area (Å²) in [6.45, 7) is 0. The van der Waals surface area contributed by atoms with E-state index in [1.54, 1.807) is 42.5 Å². The summed E-state index contributed by atoms with van der Waals surface area (Å²) in [6, 6.07) is 22.4. The molecule has 0 atom stereocenters. The molecule has 0 spiro atoms. The third-order valence-electron chi connectivity index (χ3n) is 6.26. The standard InChI is InChI=1S/C30H20BrClN4O6/c1-41-24-15-14-21(31)26-25(20-7-3-4-8-22(20)32)28(34-27(24)26)29(37)35-33-16-18-6-2-5-9-23(18)42-30(38)17-10-12-19(13-11-17)36(39)40/h2-16,34H,1H3,(H,35,37). The number of nitro groups is 1. The number of hydrogen-bond donors (Lipinski definition) is 2. The SMILES string of the molecule is COc1ccc(Br)c2c(-c3ccccc3Cl)c(C(=O)NN=Cc3ccccc3OC(=O)c3ccc([N+](=O)[O-])cc3)[nH]c12. The number of halogens is 2. The second-order valence-corrected chi connectivity index (χ2v) is 10.0. The van der Waals surface area contributed by atoms with E-state index < -0.39 is 16.8 Å². The number of nitrogens with one attached hydrogen (secondary N) is 2. The summed E-state index contributed by atoms with van der Waals surface area (Å²) in [4.78, 5) is 39.6. The number of amides is 1. The molecular weight excluding hydrogens is 628 g/mol. The Morgan fingerprint density at radius 1 is 1.00 bits per heavy atom. The number of para-hydroxylation sites is 1. The Hall–Kier alpha value is -5.00. The minimum atomic E-state index is -0.711. The number of nitrogens with zero attached hydrogens (tertiary/aromatic N) is 2. The molecule has 0 radical (unpaired) electrons. The molecule has 210 valence electrons. The first kappa shape index (κ1) is 28.5. The molecule has 0 aliphatic rings. The number of carbonyl (C=O) groups excluding carboxylic acids is 2. The molecule has 10 nitrogen and oxygen atoms in total. The number of fused-ring (bicyclic) bond motifs is 1. The molecule has 0 saturated carbocycles. The minimum absolute atomic E-state index is 0.133. The van der Waals surface area contributed by atoms with Crippen molar-refractivity contribution < 1.29 is 24.0 Å². The first-order valence-corrected chi connectivity index (χ1v) is 13.5. The van der Waals surface area contributed by atoms with Gasteiger partial charge < -0.3 is 14.5 Å². The van der Waals surface area contributed by atoms with Crippen molar-refractivity contribution in [3.63, 3.8) is 0 Å². The zero-order valence-electron chi connectivity index (χ0n) is 21.8. The highest BCUT2D eigenvalue weighted by Gasteiger charge is 2.24. The van der Waals surface area contributed by atoms with Crippen molar-refractivity contribution in [3.05, 3.63) is 121 Å². The number of methoxy groups -OCH3 is 1. The Morgan fingerprint density at radius 3 is 2.43 bits per heavy atom. The smallest absolute Gasteiger partial charge is 0.343 e. The third-order valence-corrected chi connectivity index (χ3v) is 7.25. The lowest BCUT2D eigenvalue weighted by atomic mass is 10.0. The fourth-order valence-corrected chi connectivity index (χ4v) is 5.05. The number of carbonyl (C=O) groups is 2. The molecule has 5 aromatic rings. The van der Waals surface area contributed by atoms with Crippen LogP contribution in [0.15, 0.2) is 94.5 Å². The van der Waals surface area contributed by atoms with E-state index in [1.807, 2.05) is 18.2 Å².